The van der Waals surface area contributed by atoms with Crippen LogP contribution in [0.3, 0.4) is 0 Å². The molecule has 0 aromatic rings. The third-order valence-corrected chi connectivity index (χ3v) is 4.10. The number of unbranched alkanes of at least 4 members (excludes halogenated alkanes) is 1. The van der Waals surface area contributed by atoms with E-state index >= 15 is 0 Å². The molecule has 114 valence electrons. The second-order valence-electron chi connectivity index (χ2n) is 5.15. The zero-order valence-electron chi connectivity index (χ0n) is 12.4. The Bertz CT molecular complexity index is 221. The third kappa shape index (κ3) is 10.4. The van der Waals surface area contributed by atoms with Gasteiger partial charge >= 0.3 is 5.97 Å². The van der Waals surface area contributed by atoms with Crippen molar-refractivity contribution in [2.24, 2.45) is 11.8 Å². The standard InChI is InChI=1S/C15H29BrO3/c1-3-5-7-13(4-2)12-19-11-9-14(15(17)18)8-6-10-16/h13-14H,3-12H2,1-2H3,(H,17,18). The molecule has 0 spiro atoms. The first-order valence-electron chi connectivity index (χ1n) is 7.52. The summed E-state index contributed by atoms with van der Waals surface area (Å²) < 4.78 is 5.67. The maximum Gasteiger partial charge on any atom is 0.306 e. The minimum atomic E-state index is -0.692. The molecule has 0 aliphatic rings. The van der Waals surface area contributed by atoms with E-state index in [4.69, 9.17) is 9.84 Å². The first-order valence-corrected chi connectivity index (χ1v) is 8.64. The molecular formula is C15H29BrO3. The molecule has 0 heterocycles. The van der Waals surface area contributed by atoms with Gasteiger partial charge < -0.3 is 9.84 Å². The van der Waals surface area contributed by atoms with Gasteiger partial charge in [0.05, 0.1) is 5.92 Å². The molecule has 0 saturated carbocycles. The number of aliphatic carboxylic acids is 1. The molecular weight excluding hydrogens is 308 g/mol. The summed E-state index contributed by atoms with van der Waals surface area (Å²) in [6.07, 6.45) is 7.12. The number of alkyl halides is 1. The normalized spacial score (nSPS) is 14.3. The van der Waals surface area contributed by atoms with Crippen LogP contribution in [0.15, 0.2) is 0 Å². The van der Waals surface area contributed by atoms with E-state index in [9.17, 15) is 4.79 Å². The second-order valence-corrected chi connectivity index (χ2v) is 5.94. The van der Waals surface area contributed by atoms with E-state index in [-0.39, 0.29) is 5.92 Å². The summed E-state index contributed by atoms with van der Waals surface area (Å²) >= 11 is 3.34. The van der Waals surface area contributed by atoms with E-state index in [2.05, 4.69) is 29.8 Å². The van der Waals surface area contributed by atoms with Gasteiger partial charge in [0.15, 0.2) is 0 Å². The lowest BCUT2D eigenvalue weighted by atomic mass is 10.00. The first-order chi connectivity index (χ1) is 9.15. The molecule has 0 aliphatic carbocycles. The number of hydrogen-bond donors (Lipinski definition) is 1. The maximum absolute atomic E-state index is 11.1. The molecule has 0 fully saturated rings. The monoisotopic (exact) mass is 336 g/mol. The summed E-state index contributed by atoms with van der Waals surface area (Å²) in [5, 5.41) is 9.97. The second kappa shape index (κ2) is 12.9. The fourth-order valence-electron chi connectivity index (χ4n) is 2.09. The Balaban J connectivity index is 3.76. The van der Waals surface area contributed by atoms with Crippen LogP contribution in [0, 0.1) is 11.8 Å². The summed E-state index contributed by atoms with van der Waals surface area (Å²) in [7, 11) is 0. The van der Waals surface area contributed by atoms with Crippen molar-refractivity contribution in [1.29, 1.82) is 0 Å². The molecule has 2 atom stereocenters. The van der Waals surface area contributed by atoms with Gasteiger partial charge in [0.1, 0.15) is 0 Å². The van der Waals surface area contributed by atoms with Crippen molar-refractivity contribution in [2.75, 3.05) is 18.5 Å². The van der Waals surface area contributed by atoms with Crippen molar-refractivity contribution >= 4 is 21.9 Å². The molecule has 0 amide bonds. The van der Waals surface area contributed by atoms with Crippen LogP contribution in [0.1, 0.15) is 58.8 Å². The zero-order chi connectivity index (χ0) is 14.5. The SMILES string of the molecule is CCCCC(CC)COCCC(CCCBr)C(=O)O. The number of hydrogen-bond acceptors (Lipinski definition) is 2. The molecule has 4 heteroatoms. The molecule has 0 aromatic heterocycles. The quantitative estimate of drug-likeness (QED) is 0.398. The van der Waals surface area contributed by atoms with Crippen LogP contribution in [0.2, 0.25) is 0 Å². The van der Waals surface area contributed by atoms with Gasteiger partial charge in [0.25, 0.3) is 0 Å². The number of ether oxygens (including phenoxy) is 1. The lowest BCUT2D eigenvalue weighted by Gasteiger charge is -2.16. The summed E-state index contributed by atoms with van der Waals surface area (Å²) in [5.41, 5.74) is 0. The number of rotatable bonds is 13. The van der Waals surface area contributed by atoms with Crippen molar-refractivity contribution in [3.8, 4) is 0 Å². The van der Waals surface area contributed by atoms with Crippen LogP contribution in [-0.2, 0) is 9.53 Å². The Kier molecular flexibility index (Phi) is 12.9. The van der Waals surface area contributed by atoms with Crippen LogP contribution >= 0.6 is 15.9 Å². The first kappa shape index (κ1) is 18.9. The smallest absolute Gasteiger partial charge is 0.306 e. The molecule has 3 nitrogen and oxygen atoms in total. The average molecular weight is 337 g/mol. The lowest BCUT2D eigenvalue weighted by Crippen LogP contribution is -2.17. The van der Waals surface area contributed by atoms with E-state index in [1.54, 1.807) is 0 Å². The maximum atomic E-state index is 11.1. The topological polar surface area (TPSA) is 46.5 Å². The van der Waals surface area contributed by atoms with Crippen LogP contribution in [-0.4, -0.2) is 29.6 Å². The average Bonchev–Trinajstić information content (AvgIpc) is 2.40. The van der Waals surface area contributed by atoms with Crippen molar-refractivity contribution < 1.29 is 14.6 Å². The van der Waals surface area contributed by atoms with Crippen LogP contribution in [0.5, 0.6) is 0 Å². The molecule has 0 saturated heterocycles. The predicted molar refractivity (Wildman–Crippen MR) is 82.9 cm³/mol. The highest BCUT2D eigenvalue weighted by molar-refractivity contribution is 9.09. The highest BCUT2D eigenvalue weighted by Crippen LogP contribution is 2.15. The van der Waals surface area contributed by atoms with Crippen molar-refractivity contribution in [3.05, 3.63) is 0 Å². The van der Waals surface area contributed by atoms with Crippen molar-refractivity contribution in [1.82, 2.24) is 0 Å². The van der Waals surface area contributed by atoms with Gasteiger partial charge in [-0.15, -0.1) is 0 Å². The predicted octanol–water partition coefficient (Wildman–Crippen LogP) is 4.49. The Morgan fingerprint density at radius 2 is 1.95 bits per heavy atom. The molecule has 0 radical (unpaired) electrons. The Morgan fingerprint density at radius 3 is 2.47 bits per heavy atom. The Labute approximate surface area is 126 Å². The molecule has 0 aliphatic heterocycles. The van der Waals surface area contributed by atoms with E-state index in [0.717, 1.165) is 31.2 Å². The van der Waals surface area contributed by atoms with Gasteiger partial charge in [-0.2, -0.15) is 0 Å². The summed E-state index contributed by atoms with van der Waals surface area (Å²) in [6.45, 7) is 5.75. The number of halogens is 1. The van der Waals surface area contributed by atoms with Crippen LogP contribution in [0.4, 0.5) is 0 Å². The summed E-state index contributed by atoms with van der Waals surface area (Å²) in [5.74, 6) is -0.318. The molecule has 0 bridgehead atoms. The van der Waals surface area contributed by atoms with E-state index in [1.807, 2.05) is 0 Å². The minimum absolute atomic E-state index is 0.256. The largest absolute Gasteiger partial charge is 0.481 e. The van der Waals surface area contributed by atoms with Gasteiger partial charge in [-0.25, -0.2) is 0 Å². The fourth-order valence-corrected chi connectivity index (χ4v) is 2.41. The van der Waals surface area contributed by atoms with Gasteiger partial charge in [0.2, 0.25) is 0 Å². The molecule has 1 N–H and O–H groups in total. The fraction of sp³-hybridized carbons (Fsp3) is 0.933. The van der Waals surface area contributed by atoms with Gasteiger partial charge in [-0.3, -0.25) is 4.79 Å². The van der Waals surface area contributed by atoms with E-state index < -0.39 is 5.97 Å². The molecule has 0 rings (SSSR count). The van der Waals surface area contributed by atoms with Gasteiger partial charge in [-0.1, -0.05) is 49.0 Å². The molecule has 0 aromatic carbocycles. The summed E-state index contributed by atoms with van der Waals surface area (Å²) in [4.78, 5) is 11.1. The van der Waals surface area contributed by atoms with Crippen LogP contribution in [0.25, 0.3) is 0 Å². The van der Waals surface area contributed by atoms with Gasteiger partial charge in [0, 0.05) is 18.5 Å². The van der Waals surface area contributed by atoms with E-state index in [1.165, 1.54) is 19.3 Å². The van der Waals surface area contributed by atoms with Crippen LogP contribution < -0.4 is 0 Å². The van der Waals surface area contributed by atoms with Crippen molar-refractivity contribution in [3.63, 3.8) is 0 Å². The molecule has 2 unspecified atom stereocenters. The minimum Gasteiger partial charge on any atom is -0.481 e. The number of carboxylic acid groups (broad SMARTS) is 1. The highest BCUT2D eigenvalue weighted by atomic mass is 79.9. The Morgan fingerprint density at radius 1 is 1.21 bits per heavy atom. The molecule has 19 heavy (non-hydrogen) atoms. The highest BCUT2D eigenvalue weighted by Gasteiger charge is 2.16. The van der Waals surface area contributed by atoms with Crippen molar-refractivity contribution in [2.45, 2.75) is 58.8 Å². The lowest BCUT2D eigenvalue weighted by molar-refractivity contribution is -0.142. The third-order valence-electron chi connectivity index (χ3n) is 3.54. The number of carboxylic acids is 1. The Hall–Kier alpha value is -0.0900. The zero-order valence-corrected chi connectivity index (χ0v) is 14.0. The number of carbonyl (C=O) groups is 1. The van der Waals surface area contributed by atoms with Gasteiger partial charge in [-0.05, 0) is 31.6 Å². The summed E-state index contributed by atoms with van der Waals surface area (Å²) in [6, 6.07) is 0. The van der Waals surface area contributed by atoms with E-state index in [0.29, 0.717) is 18.9 Å².